The monoisotopic (exact) mass is 371 g/mol. The molecule has 0 aliphatic rings. The molecule has 22 heavy (non-hydrogen) atoms. The van der Waals surface area contributed by atoms with Crippen molar-refractivity contribution in [3.05, 3.63) is 62.9 Å². The topological polar surface area (TPSA) is 29.1 Å². The Balaban J connectivity index is 2.19. The third-order valence-electron chi connectivity index (χ3n) is 3.20. The molecule has 0 saturated carbocycles. The summed E-state index contributed by atoms with van der Waals surface area (Å²) in [6.45, 7) is 3.65. The molecule has 2 nitrogen and oxygen atoms in total. The number of halogens is 4. The molecular weight excluding hydrogens is 359 g/mol. The summed E-state index contributed by atoms with van der Waals surface area (Å²) in [4.78, 5) is 12.0. The van der Waals surface area contributed by atoms with Gasteiger partial charge in [-0.1, -0.05) is 15.9 Å². The second-order valence-electron chi connectivity index (χ2n) is 5.00. The Hall–Kier alpha value is -1.82. The maximum atomic E-state index is 13.5. The first-order chi connectivity index (χ1) is 10.3. The van der Waals surface area contributed by atoms with Gasteiger partial charge in [-0.2, -0.15) is 0 Å². The summed E-state index contributed by atoms with van der Waals surface area (Å²) in [6.07, 6.45) is -0.377. The van der Waals surface area contributed by atoms with Crippen molar-refractivity contribution in [1.29, 1.82) is 0 Å². The normalized spacial score (nSPS) is 10.6. The minimum absolute atomic E-state index is 0.191. The van der Waals surface area contributed by atoms with Gasteiger partial charge in [-0.15, -0.1) is 0 Å². The van der Waals surface area contributed by atoms with E-state index < -0.39 is 23.4 Å². The molecule has 1 amide bonds. The van der Waals surface area contributed by atoms with E-state index in [0.29, 0.717) is 17.8 Å². The fraction of sp³-hybridized carbons (Fsp3) is 0.188. The number of carbonyl (C=O) groups is 1. The highest BCUT2D eigenvalue weighted by Gasteiger charge is 2.14. The van der Waals surface area contributed by atoms with Gasteiger partial charge in [0.25, 0.3) is 0 Å². The van der Waals surface area contributed by atoms with Crippen molar-refractivity contribution in [2.45, 2.75) is 20.3 Å². The van der Waals surface area contributed by atoms with Crippen molar-refractivity contribution >= 4 is 27.5 Å². The molecule has 6 heteroatoms. The van der Waals surface area contributed by atoms with E-state index in [9.17, 15) is 18.0 Å². The van der Waals surface area contributed by atoms with Crippen LogP contribution in [0, 0.1) is 31.3 Å². The second-order valence-corrected chi connectivity index (χ2v) is 5.91. The lowest BCUT2D eigenvalue weighted by Gasteiger charge is -2.12. The Bertz CT molecular complexity index is 723. The third kappa shape index (κ3) is 3.68. The zero-order valence-electron chi connectivity index (χ0n) is 11.9. The molecule has 2 rings (SSSR count). The van der Waals surface area contributed by atoms with Crippen LogP contribution in [0.3, 0.4) is 0 Å². The number of nitrogens with one attached hydrogen (secondary N) is 1. The maximum Gasteiger partial charge on any atom is 0.228 e. The Labute approximate surface area is 134 Å². The maximum absolute atomic E-state index is 13.5. The number of carbonyl (C=O) groups excluding carboxylic acids is 1. The smallest absolute Gasteiger partial charge is 0.228 e. The van der Waals surface area contributed by atoms with E-state index >= 15 is 0 Å². The van der Waals surface area contributed by atoms with Gasteiger partial charge in [0.2, 0.25) is 5.91 Å². The molecule has 0 unspecified atom stereocenters. The van der Waals surface area contributed by atoms with Crippen LogP contribution in [-0.2, 0) is 11.2 Å². The van der Waals surface area contributed by atoms with Crippen LogP contribution in [0.1, 0.15) is 16.7 Å². The molecule has 0 aliphatic carbocycles. The van der Waals surface area contributed by atoms with Crippen LogP contribution in [-0.4, -0.2) is 5.91 Å². The zero-order chi connectivity index (χ0) is 16.4. The molecule has 0 aromatic heterocycles. The molecule has 0 spiro atoms. The number of amides is 1. The van der Waals surface area contributed by atoms with Crippen LogP contribution >= 0.6 is 15.9 Å². The summed E-state index contributed by atoms with van der Waals surface area (Å²) in [6, 6.07) is 4.81. The van der Waals surface area contributed by atoms with Crippen LogP contribution in [0.5, 0.6) is 0 Å². The van der Waals surface area contributed by atoms with E-state index in [4.69, 9.17) is 0 Å². The van der Waals surface area contributed by atoms with Gasteiger partial charge in [0.15, 0.2) is 11.6 Å². The molecule has 0 bridgehead atoms. The van der Waals surface area contributed by atoms with Gasteiger partial charge in [0, 0.05) is 21.8 Å². The van der Waals surface area contributed by atoms with Crippen LogP contribution < -0.4 is 5.32 Å². The van der Waals surface area contributed by atoms with E-state index in [2.05, 4.69) is 21.2 Å². The predicted octanol–water partition coefficient (Wildman–Crippen LogP) is 4.66. The Morgan fingerprint density at radius 1 is 1.00 bits per heavy atom. The third-order valence-corrected chi connectivity index (χ3v) is 3.66. The highest BCUT2D eigenvalue weighted by atomic mass is 79.9. The Morgan fingerprint density at radius 2 is 1.55 bits per heavy atom. The Kier molecular flexibility index (Phi) is 4.90. The summed E-state index contributed by atoms with van der Waals surface area (Å²) in [5.74, 6) is -3.90. The molecule has 2 aromatic rings. The van der Waals surface area contributed by atoms with Crippen molar-refractivity contribution < 1.29 is 18.0 Å². The minimum Gasteiger partial charge on any atom is -0.325 e. The lowest BCUT2D eigenvalue weighted by atomic mass is 10.1. The molecule has 0 atom stereocenters. The van der Waals surface area contributed by atoms with E-state index in [1.807, 2.05) is 26.0 Å². The van der Waals surface area contributed by atoms with Crippen molar-refractivity contribution in [2.75, 3.05) is 5.32 Å². The molecule has 116 valence electrons. The molecule has 0 heterocycles. The summed E-state index contributed by atoms with van der Waals surface area (Å²) in [5.41, 5.74) is 2.11. The van der Waals surface area contributed by atoms with Gasteiger partial charge in [0.05, 0.1) is 6.42 Å². The SMILES string of the molecule is Cc1cc(Br)cc(C)c1NC(=O)Cc1cc(F)c(F)cc1F. The van der Waals surface area contributed by atoms with Crippen molar-refractivity contribution in [3.63, 3.8) is 0 Å². The van der Waals surface area contributed by atoms with Crippen molar-refractivity contribution in [1.82, 2.24) is 0 Å². The van der Waals surface area contributed by atoms with Gasteiger partial charge < -0.3 is 5.32 Å². The van der Waals surface area contributed by atoms with Crippen LogP contribution in [0.2, 0.25) is 0 Å². The second kappa shape index (κ2) is 6.52. The number of rotatable bonds is 3. The lowest BCUT2D eigenvalue weighted by molar-refractivity contribution is -0.115. The first kappa shape index (κ1) is 16.5. The van der Waals surface area contributed by atoms with Crippen LogP contribution in [0.25, 0.3) is 0 Å². The molecule has 0 fully saturated rings. The lowest BCUT2D eigenvalue weighted by Crippen LogP contribution is -2.17. The van der Waals surface area contributed by atoms with Gasteiger partial charge >= 0.3 is 0 Å². The summed E-state index contributed by atoms with van der Waals surface area (Å²) in [7, 11) is 0. The average molecular weight is 372 g/mol. The number of benzene rings is 2. The molecule has 0 aliphatic heterocycles. The van der Waals surface area contributed by atoms with Gasteiger partial charge in [-0.25, -0.2) is 13.2 Å². The molecular formula is C16H13BrF3NO. The van der Waals surface area contributed by atoms with Crippen LogP contribution in [0.15, 0.2) is 28.7 Å². The van der Waals surface area contributed by atoms with Crippen molar-refractivity contribution in [3.8, 4) is 0 Å². The van der Waals surface area contributed by atoms with Gasteiger partial charge in [-0.3, -0.25) is 4.79 Å². The molecule has 1 N–H and O–H groups in total. The van der Waals surface area contributed by atoms with Crippen LogP contribution in [0.4, 0.5) is 18.9 Å². The predicted molar refractivity (Wildman–Crippen MR) is 82.3 cm³/mol. The highest BCUT2D eigenvalue weighted by Crippen LogP contribution is 2.25. The summed E-state index contributed by atoms with van der Waals surface area (Å²) in [5, 5.41) is 2.67. The van der Waals surface area contributed by atoms with E-state index in [-0.39, 0.29) is 12.0 Å². The molecule has 0 radical (unpaired) electrons. The number of aryl methyl sites for hydroxylation is 2. The summed E-state index contributed by atoms with van der Waals surface area (Å²) >= 11 is 3.35. The quantitative estimate of drug-likeness (QED) is 0.780. The zero-order valence-corrected chi connectivity index (χ0v) is 13.5. The number of anilines is 1. The fourth-order valence-electron chi connectivity index (χ4n) is 2.16. The van der Waals surface area contributed by atoms with E-state index in [1.54, 1.807) is 0 Å². The highest BCUT2D eigenvalue weighted by molar-refractivity contribution is 9.10. The minimum atomic E-state index is -1.28. The number of hydrogen-bond acceptors (Lipinski definition) is 1. The van der Waals surface area contributed by atoms with Crippen molar-refractivity contribution in [2.24, 2.45) is 0 Å². The standard InChI is InChI=1S/C16H13BrF3NO/c1-8-3-11(17)4-9(2)16(8)21-15(22)6-10-5-13(19)14(20)7-12(10)18/h3-5,7H,6H2,1-2H3,(H,21,22). The van der Waals surface area contributed by atoms with E-state index in [1.165, 1.54) is 0 Å². The van der Waals surface area contributed by atoms with Gasteiger partial charge in [-0.05, 0) is 43.2 Å². The molecule has 2 aromatic carbocycles. The summed E-state index contributed by atoms with van der Waals surface area (Å²) < 4.78 is 40.4. The number of hydrogen-bond donors (Lipinski definition) is 1. The first-order valence-corrected chi connectivity index (χ1v) is 7.27. The first-order valence-electron chi connectivity index (χ1n) is 6.48. The fourth-order valence-corrected chi connectivity index (χ4v) is 2.85. The largest absolute Gasteiger partial charge is 0.325 e. The van der Waals surface area contributed by atoms with Gasteiger partial charge in [0.1, 0.15) is 5.82 Å². The average Bonchev–Trinajstić information content (AvgIpc) is 2.40. The van der Waals surface area contributed by atoms with E-state index in [0.717, 1.165) is 15.6 Å². The Morgan fingerprint density at radius 3 is 2.14 bits per heavy atom. The molecule has 0 saturated heterocycles.